The van der Waals surface area contributed by atoms with E-state index in [-0.39, 0.29) is 0 Å². The number of hydrogen-bond acceptors (Lipinski definition) is 3. The van der Waals surface area contributed by atoms with Gasteiger partial charge < -0.3 is 4.90 Å². The fourth-order valence-electron chi connectivity index (χ4n) is 2.97. The van der Waals surface area contributed by atoms with Crippen LogP contribution < -0.4 is 4.90 Å². The second-order valence-corrected chi connectivity index (χ2v) is 7.15. The summed E-state index contributed by atoms with van der Waals surface area (Å²) in [6.45, 7) is 8.93. The molecule has 0 spiro atoms. The first kappa shape index (κ1) is 13.7. The fraction of sp³-hybridized carbons (Fsp3) is 0.471. The molecule has 1 aromatic carbocycles. The highest BCUT2D eigenvalue weighted by Gasteiger charge is 2.17. The van der Waals surface area contributed by atoms with E-state index in [0.29, 0.717) is 0 Å². The number of thioether (sulfide) groups is 1. The molecule has 1 unspecified atom stereocenters. The van der Waals surface area contributed by atoms with Crippen molar-refractivity contribution >= 4 is 28.4 Å². The van der Waals surface area contributed by atoms with Gasteiger partial charge in [0.1, 0.15) is 0 Å². The first-order valence-corrected chi connectivity index (χ1v) is 8.49. The Kier molecular flexibility index (Phi) is 3.88. The van der Waals surface area contributed by atoms with Crippen molar-refractivity contribution in [2.45, 2.75) is 32.4 Å². The molecular formula is C17H22N2S. The molecule has 0 aliphatic carbocycles. The minimum atomic E-state index is 0.723. The summed E-state index contributed by atoms with van der Waals surface area (Å²) < 4.78 is 0. The molecule has 1 aromatic heterocycles. The number of benzene rings is 1. The summed E-state index contributed by atoms with van der Waals surface area (Å²) >= 11 is 2.08. The molecule has 20 heavy (non-hydrogen) atoms. The van der Waals surface area contributed by atoms with Gasteiger partial charge in [0.2, 0.25) is 0 Å². The molecule has 3 rings (SSSR count). The van der Waals surface area contributed by atoms with Crippen LogP contribution in [0.25, 0.3) is 10.9 Å². The maximum atomic E-state index is 4.66. The summed E-state index contributed by atoms with van der Waals surface area (Å²) in [5.41, 5.74) is 5.01. The van der Waals surface area contributed by atoms with E-state index < -0.39 is 0 Å². The number of fused-ring (bicyclic) bond motifs is 1. The van der Waals surface area contributed by atoms with Crippen LogP contribution in [0, 0.1) is 6.92 Å². The van der Waals surface area contributed by atoms with Crippen molar-refractivity contribution in [2.24, 2.45) is 0 Å². The van der Waals surface area contributed by atoms with E-state index in [4.69, 9.17) is 0 Å². The summed E-state index contributed by atoms with van der Waals surface area (Å²) in [4.78, 5) is 7.18. The Bertz CT molecular complexity index is 624. The van der Waals surface area contributed by atoms with Crippen LogP contribution in [0.4, 0.5) is 5.69 Å². The van der Waals surface area contributed by atoms with E-state index >= 15 is 0 Å². The number of hydrogen-bond donors (Lipinski definition) is 0. The van der Waals surface area contributed by atoms with Crippen molar-refractivity contribution in [3.05, 3.63) is 35.5 Å². The van der Waals surface area contributed by atoms with Gasteiger partial charge in [-0.1, -0.05) is 13.8 Å². The van der Waals surface area contributed by atoms with Crippen molar-refractivity contribution in [2.75, 3.05) is 23.7 Å². The molecule has 1 atom stereocenters. The van der Waals surface area contributed by atoms with Gasteiger partial charge in [-0.3, -0.25) is 4.98 Å². The molecular weight excluding hydrogens is 264 g/mol. The van der Waals surface area contributed by atoms with Gasteiger partial charge in [0, 0.05) is 40.9 Å². The summed E-state index contributed by atoms with van der Waals surface area (Å²) in [6, 6.07) is 8.98. The van der Waals surface area contributed by atoms with Gasteiger partial charge in [0.05, 0.1) is 5.52 Å². The molecule has 106 valence electrons. The fourth-order valence-corrected chi connectivity index (χ4v) is 3.99. The lowest BCUT2D eigenvalue weighted by Gasteiger charge is -2.32. The van der Waals surface area contributed by atoms with E-state index in [1.807, 2.05) is 0 Å². The average Bonchev–Trinajstić information content (AvgIpc) is 2.46. The summed E-state index contributed by atoms with van der Waals surface area (Å²) in [5.74, 6) is 1.23. The number of aryl methyl sites for hydroxylation is 2. The lowest BCUT2D eigenvalue weighted by atomic mass is 10.0. The summed E-state index contributed by atoms with van der Waals surface area (Å²) in [6.07, 6.45) is 1.07. The first-order chi connectivity index (χ1) is 9.67. The average molecular weight is 286 g/mol. The van der Waals surface area contributed by atoms with E-state index in [0.717, 1.165) is 36.0 Å². The standard InChI is InChI=1S/C17H22N2S/c1-4-14-9-12(2)18-17-6-5-15(10-16(14)17)19-7-8-20-13(3)11-19/h5-6,9-10,13H,4,7-8,11H2,1-3H3. The van der Waals surface area contributed by atoms with Crippen LogP contribution in [0.3, 0.4) is 0 Å². The number of aromatic nitrogens is 1. The van der Waals surface area contributed by atoms with Crippen LogP contribution in [-0.2, 0) is 6.42 Å². The van der Waals surface area contributed by atoms with Crippen molar-refractivity contribution in [3.63, 3.8) is 0 Å². The summed E-state index contributed by atoms with van der Waals surface area (Å²) in [7, 11) is 0. The Morgan fingerprint density at radius 3 is 2.95 bits per heavy atom. The first-order valence-electron chi connectivity index (χ1n) is 7.44. The van der Waals surface area contributed by atoms with Crippen molar-refractivity contribution in [3.8, 4) is 0 Å². The van der Waals surface area contributed by atoms with E-state index in [2.05, 4.69) is 66.7 Å². The molecule has 2 heterocycles. The Morgan fingerprint density at radius 2 is 2.20 bits per heavy atom. The van der Waals surface area contributed by atoms with Gasteiger partial charge in [-0.2, -0.15) is 11.8 Å². The van der Waals surface area contributed by atoms with Crippen LogP contribution >= 0.6 is 11.8 Å². The summed E-state index contributed by atoms with van der Waals surface area (Å²) in [5, 5.41) is 2.04. The van der Waals surface area contributed by atoms with Gasteiger partial charge in [-0.15, -0.1) is 0 Å². The van der Waals surface area contributed by atoms with Gasteiger partial charge >= 0.3 is 0 Å². The van der Waals surface area contributed by atoms with Crippen molar-refractivity contribution in [1.29, 1.82) is 0 Å². The second kappa shape index (κ2) is 5.65. The number of nitrogens with zero attached hydrogens (tertiary/aromatic N) is 2. The predicted octanol–water partition coefficient (Wildman–Crippen LogP) is 4.05. The quantitative estimate of drug-likeness (QED) is 0.828. The number of rotatable bonds is 2. The van der Waals surface area contributed by atoms with Crippen molar-refractivity contribution in [1.82, 2.24) is 4.98 Å². The lowest BCUT2D eigenvalue weighted by Crippen LogP contribution is -2.36. The van der Waals surface area contributed by atoms with Crippen molar-refractivity contribution < 1.29 is 0 Å². The van der Waals surface area contributed by atoms with Crippen LogP contribution in [0.5, 0.6) is 0 Å². The largest absolute Gasteiger partial charge is 0.370 e. The van der Waals surface area contributed by atoms with Gasteiger partial charge in [-0.25, -0.2) is 0 Å². The number of pyridine rings is 1. The van der Waals surface area contributed by atoms with Crippen LogP contribution in [0.1, 0.15) is 25.1 Å². The SMILES string of the molecule is CCc1cc(C)nc2ccc(N3CCSC(C)C3)cc12. The molecule has 0 radical (unpaired) electrons. The number of anilines is 1. The molecule has 1 aliphatic rings. The minimum Gasteiger partial charge on any atom is -0.370 e. The van der Waals surface area contributed by atoms with Crippen LogP contribution in [0.15, 0.2) is 24.3 Å². The predicted molar refractivity (Wildman–Crippen MR) is 90.0 cm³/mol. The van der Waals surface area contributed by atoms with Gasteiger partial charge in [0.25, 0.3) is 0 Å². The Morgan fingerprint density at radius 1 is 1.35 bits per heavy atom. The lowest BCUT2D eigenvalue weighted by molar-refractivity contribution is 0.783. The van der Waals surface area contributed by atoms with Gasteiger partial charge in [0.15, 0.2) is 0 Å². The maximum absolute atomic E-state index is 4.66. The molecule has 1 aliphatic heterocycles. The zero-order chi connectivity index (χ0) is 14.1. The Labute approximate surface area is 125 Å². The van der Waals surface area contributed by atoms with Crippen LogP contribution in [0.2, 0.25) is 0 Å². The Hall–Kier alpha value is -1.22. The maximum Gasteiger partial charge on any atom is 0.0709 e. The van der Waals surface area contributed by atoms with E-state index in [9.17, 15) is 0 Å². The minimum absolute atomic E-state index is 0.723. The highest BCUT2D eigenvalue weighted by molar-refractivity contribution is 8.00. The van der Waals surface area contributed by atoms with Crippen LogP contribution in [-0.4, -0.2) is 29.1 Å². The molecule has 0 N–H and O–H groups in total. The second-order valence-electron chi connectivity index (χ2n) is 5.61. The normalized spacial score (nSPS) is 19.6. The smallest absolute Gasteiger partial charge is 0.0709 e. The zero-order valence-corrected chi connectivity index (χ0v) is 13.3. The molecule has 0 saturated carbocycles. The zero-order valence-electron chi connectivity index (χ0n) is 12.5. The molecule has 2 nitrogen and oxygen atoms in total. The van der Waals surface area contributed by atoms with Gasteiger partial charge in [-0.05, 0) is 43.2 Å². The topological polar surface area (TPSA) is 16.1 Å². The van der Waals surface area contributed by atoms with E-state index in [1.165, 1.54) is 22.4 Å². The molecule has 1 saturated heterocycles. The molecule has 1 fully saturated rings. The third-order valence-electron chi connectivity index (χ3n) is 3.99. The Balaban J connectivity index is 2.03. The molecule has 0 amide bonds. The highest BCUT2D eigenvalue weighted by atomic mass is 32.2. The molecule has 0 bridgehead atoms. The third-order valence-corrected chi connectivity index (χ3v) is 5.13. The monoisotopic (exact) mass is 286 g/mol. The molecule has 3 heteroatoms. The third kappa shape index (κ3) is 2.64. The molecule has 2 aromatic rings. The highest BCUT2D eigenvalue weighted by Crippen LogP contribution is 2.28. The van der Waals surface area contributed by atoms with E-state index in [1.54, 1.807) is 0 Å².